The number of primary amides is 1. The topological polar surface area (TPSA) is 253 Å². The SMILES string of the molecule is CC[C@@H](C)C(=O)C(=O)N[C@H]1Cc2ccc(O)c(c2)-c2cccc3c2NC(=O)[C@@]3(O[Si](CC)(CC)CC)[C@H](O[Si](CC)(CC)CC)[C@H](C(=O)O)NC(=O)[C@H](CC(N)=O)NC1=O. The molecule has 0 aromatic heterocycles. The fourth-order valence-electron chi connectivity index (χ4n) is 8.17. The fraction of sp³-hybridized carbons (Fsp3) is 0.548. The van der Waals surface area contributed by atoms with Crippen LogP contribution in [-0.2, 0) is 54.4 Å². The van der Waals surface area contributed by atoms with Gasteiger partial charge < -0.3 is 46.1 Å². The maximum atomic E-state index is 15.2. The summed E-state index contributed by atoms with van der Waals surface area (Å²) in [6.45, 7) is 15.0. The van der Waals surface area contributed by atoms with Crippen molar-refractivity contribution in [2.24, 2.45) is 11.7 Å². The molecule has 5 amide bonds. The van der Waals surface area contributed by atoms with E-state index in [1.54, 1.807) is 38.1 Å². The molecule has 0 saturated heterocycles. The number of amides is 5. The molecule has 6 bridgehead atoms. The van der Waals surface area contributed by atoms with Crippen molar-refractivity contribution in [1.82, 2.24) is 16.0 Å². The van der Waals surface area contributed by atoms with Gasteiger partial charge in [-0.3, -0.25) is 28.8 Å². The number of fused-ring (bicyclic) bond motifs is 3. The van der Waals surface area contributed by atoms with E-state index in [1.165, 1.54) is 12.1 Å². The predicted octanol–water partition coefficient (Wildman–Crippen LogP) is 4.20. The Morgan fingerprint density at radius 2 is 1.50 bits per heavy atom. The van der Waals surface area contributed by atoms with Gasteiger partial charge in [0.25, 0.3) is 11.8 Å². The lowest BCUT2D eigenvalue weighted by Gasteiger charge is -2.47. The Balaban J connectivity index is 2.15. The van der Waals surface area contributed by atoms with Crippen LogP contribution in [0.2, 0.25) is 36.3 Å². The van der Waals surface area contributed by atoms with Crippen molar-refractivity contribution < 1.29 is 52.6 Å². The number of aromatic hydroxyl groups is 1. The molecule has 6 atom stereocenters. The van der Waals surface area contributed by atoms with Gasteiger partial charge in [-0.15, -0.1) is 0 Å². The minimum absolute atomic E-state index is 0.198. The second-order valence-electron chi connectivity index (χ2n) is 15.9. The van der Waals surface area contributed by atoms with E-state index in [-0.39, 0.29) is 29.0 Å². The second-order valence-corrected chi connectivity index (χ2v) is 25.3. The first-order valence-corrected chi connectivity index (χ1v) is 26.0. The van der Waals surface area contributed by atoms with Crippen molar-refractivity contribution in [2.75, 3.05) is 5.32 Å². The third kappa shape index (κ3) is 9.51. The van der Waals surface area contributed by atoms with Crippen LogP contribution in [0.25, 0.3) is 11.1 Å². The summed E-state index contributed by atoms with van der Waals surface area (Å²) < 4.78 is 14.4. The number of carbonyl (C=O) groups excluding carboxylic acids is 6. The van der Waals surface area contributed by atoms with Gasteiger partial charge in [-0.05, 0) is 60.4 Å². The summed E-state index contributed by atoms with van der Waals surface area (Å²) >= 11 is 0. The standard InChI is InChI=1S/C42H61N5O11Si2/c1-9-24(8)35(50)39(53)45-29-22-25-19-20-31(48)27(21-25)26-17-16-18-28-33(26)47-41(56)42(28,58-60(13-5,14-6)15-7)36(57-59(10-2,11-3)12-4)34(40(54)55)46-38(52)30(23-32(43)49)44-37(29)51/h16-21,24,29-30,34,36,48H,9-15,22-23H2,1-8H3,(H2,43,49)(H,44,51)(H,45,53)(H,46,52)(H,47,56)(H,54,55)/t24-,29+,30+,34-,36-,42+/m1/s1. The number of nitrogens with one attached hydrogen (secondary N) is 4. The Kier molecular flexibility index (Phi) is 15.6. The van der Waals surface area contributed by atoms with Crippen molar-refractivity contribution in [1.29, 1.82) is 0 Å². The van der Waals surface area contributed by atoms with Crippen LogP contribution in [0.3, 0.4) is 0 Å². The molecule has 2 aromatic rings. The molecule has 0 radical (unpaired) electrons. The van der Waals surface area contributed by atoms with Crippen LogP contribution in [-0.4, -0.2) is 92.4 Å². The number of phenols is 1. The number of carboxylic acid groups (broad SMARTS) is 1. The smallest absolute Gasteiger partial charge is 0.329 e. The molecule has 8 N–H and O–H groups in total. The molecular formula is C42H61N5O11Si2. The van der Waals surface area contributed by atoms with Gasteiger partial charge >= 0.3 is 5.97 Å². The van der Waals surface area contributed by atoms with E-state index < -0.39 is 100 Å². The molecule has 2 aliphatic rings. The average Bonchev–Trinajstić information content (AvgIpc) is 3.52. The third-order valence-corrected chi connectivity index (χ3v) is 21.9. The molecule has 16 nitrogen and oxygen atoms in total. The Hall–Kier alpha value is -4.92. The minimum Gasteiger partial charge on any atom is -0.507 e. The number of benzene rings is 2. The van der Waals surface area contributed by atoms with Gasteiger partial charge in [0.2, 0.25) is 23.5 Å². The molecule has 4 rings (SSSR count). The molecule has 0 spiro atoms. The van der Waals surface area contributed by atoms with Crippen LogP contribution in [0.5, 0.6) is 5.75 Å². The highest BCUT2D eigenvalue weighted by molar-refractivity contribution is 6.74. The zero-order valence-corrected chi connectivity index (χ0v) is 37.9. The lowest BCUT2D eigenvalue weighted by atomic mass is 9.83. The van der Waals surface area contributed by atoms with E-state index >= 15 is 4.79 Å². The number of hydrogen-bond acceptors (Lipinski definition) is 10. The molecule has 2 aromatic carbocycles. The van der Waals surface area contributed by atoms with Crippen LogP contribution in [0, 0.1) is 5.92 Å². The van der Waals surface area contributed by atoms with Gasteiger partial charge in [0.05, 0.1) is 12.1 Å². The molecule has 2 heterocycles. The van der Waals surface area contributed by atoms with E-state index in [9.17, 15) is 39.0 Å². The van der Waals surface area contributed by atoms with Crippen LogP contribution >= 0.6 is 0 Å². The molecular weight excluding hydrogens is 807 g/mol. The van der Waals surface area contributed by atoms with Crippen molar-refractivity contribution in [3.8, 4) is 16.9 Å². The maximum absolute atomic E-state index is 15.2. The molecule has 0 unspecified atom stereocenters. The number of para-hydroxylation sites is 1. The minimum atomic E-state index is -2.93. The number of rotatable bonds is 17. The number of hydrogen-bond donors (Lipinski definition) is 7. The highest BCUT2D eigenvalue weighted by atomic mass is 28.4. The molecule has 328 valence electrons. The largest absolute Gasteiger partial charge is 0.507 e. The monoisotopic (exact) mass is 867 g/mol. The summed E-state index contributed by atoms with van der Waals surface area (Å²) in [6, 6.07) is 7.38. The normalized spacial score (nSPS) is 22.6. The van der Waals surface area contributed by atoms with E-state index in [4.69, 9.17) is 14.6 Å². The molecule has 60 heavy (non-hydrogen) atoms. The first-order valence-electron chi connectivity index (χ1n) is 21.0. The predicted molar refractivity (Wildman–Crippen MR) is 230 cm³/mol. The van der Waals surface area contributed by atoms with E-state index in [2.05, 4.69) is 21.3 Å². The van der Waals surface area contributed by atoms with E-state index in [0.717, 1.165) is 0 Å². The quantitative estimate of drug-likeness (QED) is 0.0876. The highest BCUT2D eigenvalue weighted by Gasteiger charge is 2.63. The van der Waals surface area contributed by atoms with Crippen LogP contribution in [0.1, 0.15) is 79.4 Å². The van der Waals surface area contributed by atoms with Crippen LogP contribution in [0.4, 0.5) is 5.69 Å². The van der Waals surface area contributed by atoms with Gasteiger partial charge in [-0.1, -0.05) is 79.7 Å². The van der Waals surface area contributed by atoms with E-state index in [1.807, 2.05) is 41.5 Å². The first-order chi connectivity index (χ1) is 28.3. The van der Waals surface area contributed by atoms with Gasteiger partial charge in [0.15, 0.2) is 28.3 Å². The van der Waals surface area contributed by atoms with E-state index in [0.29, 0.717) is 53.8 Å². The van der Waals surface area contributed by atoms with Crippen LogP contribution < -0.4 is 27.0 Å². The number of Topliss-reactive ketones (excluding diaryl/α,β-unsaturated/α-hetero) is 1. The maximum Gasteiger partial charge on any atom is 0.329 e. The van der Waals surface area contributed by atoms with Gasteiger partial charge in [0, 0.05) is 29.0 Å². The summed E-state index contributed by atoms with van der Waals surface area (Å²) in [4.78, 5) is 96.2. The molecule has 0 fully saturated rings. The molecule has 0 aliphatic carbocycles. The molecule has 2 aliphatic heterocycles. The fourth-order valence-corrected chi connectivity index (χ4v) is 13.9. The number of nitrogens with two attached hydrogens (primary N) is 1. The zero-order valence-electron chi connectivity index (χ0n) is 35.9. The van der Waals surface area contributed by atoms with Gasteiger partial charge in [0.1, 0.15) is 23.9 Å². The zero-order chi connectivity index (χ0) is 44.7. The summed E-state index contributed by atoms with van der Waals surface area (Å²) in [7, 11) is -5.86. The number of anilines is 1. The summed E-state index contributed by atoms with van der Waals surface area (Å²) in [5.74, 6) is -8.13. The van der Waals surface area contributed by atoms with Crippen molar-refractivity contribution in [3.63, 3.8) is 0 Å². The summed E-state index contributed by atoms with van der Waals surface area (Å²) in [5, 5.41) is 33.0. The average molecular weight is 868 g/mol. The number of aliphatic carboxylic acids is 1. The number of phenolic OH excluding ortho intramolecular Hbond substituents is 1. The van der Waals surface area contributed by atoms with Crippen molar-refractivity contribution in [3.05, 3.63) is 47.5 Å². The third-order valence-electron chi connectivity index (χ3n) is 12.7. The Morgan fingerprint density at radius 3 is 2.05 bits per heavy atom. The molecule has 18 heteroatoms. The van der Waals surface area contributed by atoms with Crippen LogP contribution in [0.15, 0.2) is 36.4 Å². The Bertz CT molecular complexity index is 1970. The second kappa shape index (κ2) is 19.6. The summed E-state index contributed by atoms with van der Waals surface area (Å²) in [5.41, 5.74) is 4.87. The lowest BCUT2D eigenvalue weighted by Crippen LogP contribution is -2.67. The van der Waals surface area contributed by atoms with Gasteiger partial charge in [-0.2, -0.15) is 0 Å². The first kappa shape index (κ1) is 47.8. The van der Waals surface area contributed by atoms with Crippen molar-refractivity contribution >= 4 is 63.6 Å². The van der Waals surface area contributed by atoms with Gasteiger partial charge in [-0.25, -0.2) is 4.79 Å². The Labute approximate surface area is 353 Å². The summed E-state index contributed by atoms with van der Waals surface area (Å²) in [6.07, 6.45) is -2.40. The number of carbonyl (C=O) groups is 7. The van der Waals surface area contributed by atoms with Crippen molar-refractivity contribution in [2.45, 2.75) is 141 Å². The highest BCUT2D eigenvalue weighted by Crippen LogP contribution is 2.52. The number of ketones is 1. The lowest BCUT2D eigenvalue weighted by molar-refractivity contribution is -0.158. The Morgan fingerprint density at radius 1 is 0.883 bits per heavy atom. The molecule has 0 saturated carbocycles. The number of carboxylic acids is 1.